The maximum atomic E-state index is 12.9. The van der Waals surface area contributed by atoms with Crippen LogP contribution >= 0.6 is 11.3 Å². The van der Waals surface area contributed by atoms with Gasteiger partial charge in [-0.1, -0.05) is 20.8 Å². The summed E-state index contributed by atoms with van der Waals surface area (Å²) in [6.07, 6.45) is 2.00. The van der Waals surface area contributed by atoms with Crippen molar-refractivity contribution in [3.8, 4) is 0 Å². The molecule has 0 radical (unpaired) electrons. The second kappa shape index (κ2) is 6.77. The maximum absolute atomic E-state index is 12.9. The van der Waals surface area contributed by atoms with Gasteiger partial charge in [-0.2, -0.15) is 4.31 Å². The Kier molecular flexibility index (Phi) is 5.46. The van der Waals surface area contributed by atoms with Crippen LogP contribution in [-0.2, 0) is 16.6 Å². The topological polar surface area (TPSA) is 49.4 Å². The molecule has 0 aromatic carbocycles. The second-order valence-electron chi connectivity index (χ2n) is 6.15. The Hall–Kier alpha value is -0.430. The molecule has 1 aromatic heterocycles. The third-order valence-electron chi connectivity index (χ3n) is 3.60. The Morgan fingerprint density at radius 1 is 1.43 bits per heavy atom. The smallest absolute Gasteiger partial charge is 0.252 e. The Labute approximate surface area is 132 Å². The Morgan fingerprint density at radius 2 is 2.10 bits per heavy atom. The number of nitrogens with one attached hydrogen (secondary N) is 1. The molecular formula is C15H26N2O2S2. The van der Waals surface area contributed by atoms with Gasteiger partial charge in [-0.3, -0.25) is 0 Å². The highest BCUT2D eigenvalue weighted by atomic mass is 32.2. The van der Waals surface area contributed by atoms with E-state index in [1.165, 1.54) is 11.3 Å². The molecule has 21 heavy (non-hydrogen) atoms. The van der Waals surface area contributed by atoms with Gasteiger partial charge in [-0.25, -0.2) is 8.42 Å². The predicted molar refractivity (Wildman–Crippen MR) is 88.2 cm³/mol. The summed E-state index contributed by atoms with van der Waals surface area (Å²) in [5, 5.41) is 3.27. The first kappa shape index (κ1) is 16.9. The molecule has 6 heteroatoms. The van der Waals surface area contributed by atoms with Crippen molar-refractivity contribution in [2.75, 3.05) is 13.1 Å². The minimum atomic E-state index is -3.34. The summed E-state index contributed by atoms with van der Waals surface area (Å²) in [5.74, 6) is 0.350. The Bertz CT molecular complexity index is 574. The summed E-state index contributed by atoms with van der Waals surface area (Å²) in [6, 6.07) is 2.06. The molecule has 0 aliphatic heterocycles. The lowest BCUT2D eigenvalue weighted by Gasteiger charge is -2.22. The van der Waals surface area contributed by atoms with Gasteiger partial charge in [0.2, 0.25) is 0 Å². The number of hydrogen-bond acceptors (Lipinski definition) is 4. The molecule has 1 N–H and O–H groups in total. The number of rotatable bonds is 8. The normalized spacial score (nSPS) is 16.1. The van der Waals surface area contributed by atoms with E-state index in [1.807, 2.05) is 13.0 Å². The van der Waals surface area contributed by atoms with Crippen LogP contribution in [0.3, 0.4) is 0 Å². The highest BCUT2D eigenvalue weighted by Crippen LogP contribution is 2.36. The molecule has 1 fully saturated rings. The molecule has 1 aliphatic carbocycles. The summed E-state index contributed by atoms with van der Waals surface area (Å²) in [5.41, 5.74) is 1.07. The van der Waals surface area contributed by atoms with Gasteiger partial charge in [0.15, 0.2) is 0 Å². The zero-order valence-electron chi connectivity index (χ0n) is 13.3. The van der Waals surface area contributed by atoms with Gasteiger partial charge in [0, 0.05) is 24.0 Å². The van der Waals surface area contributed by atoms with E-state index < -0.39 is 10.0 Å². The fourth-order valence-corrected chi connectivity index (χ4v) is 5.85. The molecule has 1 aliphatic rings. The van der Waals surface area contributed by atoms with Crippen molar-refractivity contribution in [1.29, 1.82) is 0 Å². The second-order valence-corrected chi connectivity index (χ2v) is 9.41. The zero-order chi connectivity index (χ0) is 15.6. The molecule has 0 atom stereocenters. The number of thiophene rings is 1. The average Bonchev–Trinajstić information content (AvgIpc) is 3.17. The van der Waals surface area contributed by atoms with Crippen molar-refractivity contribution >= 4 is 21.4 Å². The van der Waals surface area contributed by atoms with Crippen molar-refractivity contribution in [2.24, 2.45) is 5.92 Å². The number of nitrogens with zero attached hydrogens (tertiary/aromatic N) is 1. The van der Waals surface area contributed by atoms with Gasteiger partial charge in [0.25, 0.3) is 10.0 Å². The van der Waals surface area contributed by atoms with Crippen LogP contribution < -0.4 is 5.32 Å². The van der Waals surface area contributed by atoms with Crippen LogP contribution in [-0.4, -0.2) is 31.9 Å². The average molecular weight is 331 g/mol. The molecule has 1 saturated carbocycles. The highest BCUT2D eigenvalue weighted by Gasteiger charge is 2.39. The van der Waals surface area contributed by atoms with Gasteiger partial charge < -0.3 is 5.32 Å². The largest absolute Gasteiger partial charge is 0.312 e. The van der Waals surface area contributed by atoms with Crippen LogP contribution in [0.25, 0.3) is 0 Å². The third-order valence-corrected chi connectivity index (χ3v) is 7.20. The maximum Gasteiger partial charge on any atom is 0.252 e. The monoisotopic (exact) mass is 330 g/mol. The molecule has 4 nitrogen and oxygen atoms in total. The minimum absolute atomic E-state index is 0.219. The number of hydrogen-bond donors (Lipinski definition) is 1. The van der Waals surface area contributed by atoms with Crippen molar-refractivity contribution in [3.05, 3.63) is 16.5 Å². The molecule has 120 valence electrons. The quantitative estimate of drug-likeness (QED) is 0.797. The van der Waals surface area contributed by atoms with Gasteiger partial charge in [-0.15, -0.1) is 11.3 Å². The van der Waals surface area contributed by atoms with E-state index in [0.717, 1.165) is 36.4 Å². The van der Waals surface area contributed by atoms with Crippen LogP contribution in [0, 0.1) is 12.8 Å². The highest BCUT2D eigenvalue weighted by molar-refractivity contribution is 7.91. The third kappa shape index (κ3) is 4.06. The lowest BCUT2D eigenvalue weighted by atomic mass is 10.2. The predicted octanol–water partition coefficient (Wildman–Crippen LogP) is 2.98. The fraction of sp³-hybridized carbons (Fsp3) is 0.733. The van der Waals surface area contributed by atoms with Gasteiger partial charge in [0.1, 0.15) is 4.21 Å². The molecule has 0 bridgehead atoms. The van der Waals surface area contributed by atoms with E-state index in [0.29, 0.717) is 16.7 Å². The van der Waals surface area contributed by atoms with E-state index in [4.69, 9.17) is 0 Å². The van der Waals surface area contributed by atoms with E-state index >= 15 is 0 Å². The zero-order valence-corrected chi connectivity index (χ0v) is 15.0. The van der Waals surface area contributed by atoms with Crippen molar-refractivity contribution in [2.45, 2.75) is 57.3 Å². The van der Waals surface area contributed by atoms with E-state index in [9.17, 15) is 8.42 Å². The first-order chi connectivity index (χ1) is 9.86. The Balaban J connectivity index is 2.25. The van der Waals surface area contributed by atoms with Crippen LogP contribution in [0.5, 0.6) is 0 Å². The molecule has 0 saturated heterocycles. The van der Waals surface area contributed by atoms with Gasteiger partial charge >= 0.3 is 0 Å². The van der Waals surface area contributed by atoms with E-state index in [-0.39, 0.29) is 6.04 Å². The van der Waals surface area contributed by atoms with Gasteiger partial charge in [-0.05, 0) is 43.9 Å². The number of sulfonamides is 1. The van der Waals surface area contributed by atoms with Crippen molar-refractivity contribution in [1.82, 2.24) is 9.62 Å². The molecule has 1 heterocycles. The van der Waals surface area contributed by atoms with Crippen molar-refractivity contribution in [3.63, 3.8) is 0 Å². The molecule has 1 aromatic rings. The van der Waals surface area contributed by atoms with Crippen LogP contribution in [0.15, 0.2) is 10.3 Å². The summed E-state index contributed by atoms with van der Waals surface area (Å²) < 4.78 is 28.0. The van der Waals surface area contributed by atoms with Crippen molar-refractivity contribution < 1.29 is 8.42 Å². The van der Waals surface area contributed by atoms with Crippen LogP contribution in [0.4, 0.5) is 0 Å². The SMILES string of the molecule is CCNCc1sc(S(=O)(=O)N(CC(C)C)C2CC2)cc1C. The van der Waals surface area contributed by atoms with Crippen LogP contribution in [0.1, 0.15) is 44.1 Å². The van der Waals surface area contributed by atoms with E-state index in [2.05, 4.69) is 26.1 Å². The first-order valence-corrected chi connectivity index (χ1v) is 9.93. The minimum Gasteiger partial charge on any atom is -0.312 e. The van der Waals surface area contributed by atoms with Crippen LogP contribution in [0.2, 0.25) is 0 Å². The lowest BCUT2D eigenvalue weighted by molar-refractivity contribution is 0.361. The molecule has 0 amide bonds. The lowest BCUT2D eigenvalue weighted by Crippen LogP contribution is -2.35. The summed E-state index contributed by atoms with van der Waals surface area (Å²) in [6.45, 7) is 10.4. The first-order valence-electron chi connectivity index (χ1n) is 7.68. The molecule has 0 spiro atoms. The number of aryl methyl sites for hydroxylation is 1. The summed E-state index contributed by atoms with van der Waals surface area (Å²) in [7, 11) is -3.34. The molecular weight excluding hydrogens is 304 g/mol. The Morgan fingerprint density at radius 3 is 2.62 bits per heavy atom. The fourth-order valence-electron chi connectivity index (χ4n) is 2.31. The van der Waals surface area contributed by atoms with E-state index in [1.54, 1.807) is 4.31 Å². The molecule has 0 unspecified atom stereocenters. The summed E-state index contributed by atoms with van der Waals surface area (Å²) >= 11 is 1.41. The van der Waals surface area contributed by atoms with Gasteiger partial charge in [0.05, 0.1) is 0 Å². The standard InChI is InChI=1S/C15H26N2O2S2/c1-5-16-9-14-12(4)8-15(20-14)21(18,19)17(10-11(2)3)13-6-7-13/h8,11,13,16H,5-7,9-10H2,1-4H3. The summed E-state index contributed by atoms with van der Waals surface area (Å²) in [4.78, 5) is 1.12. The molecule has 2 rings (SSSR count).